The molecule has 13 nitrogen and oxygen atoms in total. The number of halogens is 2. The minimum atomic E-state index is 0. The zero-order chi connectivity index (χ0) is 86.9. The number of carbonyl (C=O) groups is 1. The van der Waals surface area contributed by atoms with Crippen molar-refractivity contribution >= 4 is 47.3 Å². The number of carbonyl (C=O) groups excluding carboxylic acids is 1. The summed E-state index contributed by atoms with van der Waals surface area (Å²) in [6, 6.07) is 17.4. The van der Waals surface area contributed by atoms with Gasteiger partial charge in [0.2, 0.25) is 0 Å². The van der Waals surface area contributed by atoms with Crippen molar-refractivity contribution in [3.63, 3.8) is 0 Å². The molecule has 5 N–H and O–H groups in total. The lowest BCUT2D eigenvalue weighted by atomic mass is 9.97. The Hall–Kier alpha value is -4.28. The maximum Gasteiger partial charge on any atom is 0.269 e. The van der Waals surface area contributed by atoms with Crippen LogP contribution in [-0.2, 0) is 0 Å². The lowest BCUT2D eigenvalue weighted by Gasteiger charge is -2.17. The quantitative estimate of drug-likeness (QED) is 0.0107. The number of alkyl halides is 1. The number of hydrazone groups is 1. The minimum absolute atomic E-state index is 0. The Labute approximate surface area is 742 Å². The minimum Gasteiger partial charge on any atom is -1.00 e. The topological polar surface area (TPSA) is 169 Å². The van der Waals surface area contributed by atoms with E-state index in [1.807, 2.05) is 48.7 Å². The van der Waals surface area contributed by atoms with Crippen LogP contribution in [0.1, 0.15) is 393 Å². The first-order valence-corrected chi connectivity index (χ1v) is 48.8. The smallest absolute Gasteiger partial charge is 0.269 e. The number of aliphatic hydroxyl groups is 1. The molecule has 0 aliphatic rings. The summed E-state index contributed by atoms with van der Waals surface area (Å²) in [6.45, 7) is 59.4. The molecule has 3 aromatic carbocycles. The van der Waals surface area contributed by atoms with Gasteiger partial charge < -0.3 is 51.7 Å². The van der Waals surface area contributed by atoms with Crippen molar-refractivity contribution in [2.45, 2.75) is 372 Å². The molecule has 0 fully saturated rings. The van der Waals surface area contributed by atoms with Crippen molar-refractivity contribution in [3.8, 4) is 34.5 Å². The third-order valence-corrected chi connectivity index (χ3v) is 22.7. The first kappa shape index (κ1) is 115. The maximum absolute atomic E-state index is 11.2. The summed E-state index contributed by atoms with van der Waals surface area (Å²) in [4.78, 5) is 11.2. The molecule has 0 amide bonds. The number of guanidine groups is 1. The molecule has 0 heterocycles. The molecule has 3 aromatic rings. The van der Waals surface area contributed by atoms with Gasteiger partial charge in [0.25, 0.3) is 5.96 Å². The van der Waals surface area contributed by atoms with E-state index in [-0.39, 0.29) is 18.4 Å². The van der Waals surface area contributed by atoms with Gasteiger partial charge in [0.15, 0.2) is 40.7 Å². The van der Waals surface area contributed by atoms with E-state index < -0.39 is 0 Å². The SMILES string of the molecule is CC(C)CCCC(C)CCI.CC(C)CCCC(C)CCO.CC(C)CCCC(C)CCOc1ccc(/C=N/N=C(N)N/[NH+]=C/c2ccc(OCCC(C)CCCC(C)C)c(OCCC(C)CCCC(C)C)c2)cc1OCCC(C)CCCC(C)C.CC(C)CCCC(C)CCOc1ccc(C=O)cc1OCCC(C)CCCC(C)C.[Cl-]. The molecule has 0 radical (unpaired) electrons. The molecule has 15 heteroatoms. The van der Waals surface area contributed by atoms with Gasteiger partial charge in [-0.05, 0) is 211 Å². The molecule has 680 valence electrons. The molecule has 0 aliphatic heterocycles. The van der Waals surface area contributed by atoms with Crippen LogP contribution in [0.3, 0.4) is 0 Å². The van der Waals surface area contributed by atoms with Crippen molar-refractivity contribution in [1.82, 2.24) is 5.43 Å². The standard InChI is InChI=1S/C55H95N5O4.C27H46O3.C10H21I.C10H22O.ClH/c1-41(2)17-13-21-45(9)29-33-61-51-27-25-49(37-53(51)63-35-31-47(11)23-15-19-43(5)6)39-57-59-55(56)60-58-40-50-26-28-52(62-34-30-46(10)22-14-18-42(3)4)54(38-50)64-36-32-48(12)24-16-20-44(7)8;1-21(2)9-7-11-23(5)15-17-29-26-14-13-25(20-28)19-27(26)30-18-16-24(6)12-8-10-22(3)4;2*1-9(2)5-4-6-10(3)7-8-11;/h25-28,37-48H,13-24,29-36H2,1-12H3,(H3,56,59,60);13-14,19-24H,7-12,15-18H2,1-6H3;9-10H,4-8H2,1-3H3;9-11H,4-8H2,1-3H3;1H/b57-39+,58-40+;;;;. The number of ether oxygens (including phenoxy) is 6. The van der Waals surface area contributed by atoms with Gasteiger partial charge in [-0.25, -0.2) is 0 Å². The van der Waals surface area contributed by atoms with Gasteiger partial charge in [-0.3, -0.25) is 4.79 Å². The van der Waals surface area contributed by atoms with Crippen LogP contribution in [-0.4, -0.2) is 80.5 Å². The number of hydrogen-bond donors (Lipinski definition) is 4. The number of nitrogens with one attached hydrogen (secondary N) is 2. The van der Waals surface area contributed by atoms with Gasteiger partial charge in [-0.1, -0.05) is 343 Å². The molecule has 117 heavy (non-hydrogen) atoms. The number of hydrogen-bond acceptors (Lipinski definition) is 10. The number of benzene rings is 3. The average molecular weight is 1770 g/mol. The van der Waals surface area contributed by atoms with E-state index in [2.05, 4.69) is 209 Å². The summed E-state index contributed by atoms with van der Waals surface area (Å²) in [5.41, 5.74) is 11.5. The van der Waals surface area contributed by atoms with Gasteiger partial charge in [-0.15, -0.1) is 15.6 Å². The van der Waals surface area contributed by atoms with E-state index in [9.17, 15) is 4.79 Å². The predicted molar refractivity (Wildman–Crippen MR) is 512 cm³/mol. The van der Waals surface area contributed by atoms with Gasteiger partial charge in [0.05, 0.1) is 45.9 Å². The van der Waals surface area contributed by atoms with Crippen LogP contribution < -0.4 is 57.1 Å². The van der Waals surface area contributed by atoms with Crippen molar-refractivity contribution in [2.24, 2.45) is 111 Å². The fourth-order valence-electron chi connectivity index (χ4n) is 13.7. The largest absolute Gasteiger partial charge is 1.00 e. The molecule has 0 saturated heterocycles. The second-order valence-corrected chi connectivity index (χ2v) is 39.7. The summed E-state index contributed by atoms with van der Waals surface area (Å²) in [5.74, 6) is 16.3. The third kappa shape index (κ3) is 69.9. The highest BCUT2D eigenvalue weighted by atomic mass is 127. The molecule has 8 unspecified atom stereocenters. The summed E-state index contributed by atoms with van der Waals surface area (Å²) >= 11 is 2.47. The second-order valence-electron chi connectivity index (χ2n) is 38.6. The Morgan fingerprint density at radius 1 is 0.350 bits per heavy atom. The van der Waals surface area contributed by atoms with Crippen LogP contribution in [0.15, 0.2) is 64.8 Å². The van der Waals surface area contributed by atoms with E-state index in [0.29, 0.717) is 99.0 Å². The molecule has 0 aliphatic carbocycles. The van der Waals surface area contributed by atoms with Gasteiger partial charge in [-0.2, -0.15) is 5.10 Å². The van der Waals surface area contributed by atoms with E-state index in [1.54, 1.807) is 18.3 Å². The Balaban J connectivity index is 0. The number of hydrazine groups is 1. The Kier molecular flexibility index (Phi) is 72.9. The fraction of sp³-hybridized carbons (Fsp3) is 0.784. The number of nitrogens with zero attached hydrogens (tertiary/aromatic N) is 2. The Bertz CT molecular complexity index is 2860. The predicted octanol–water partition coefficient (Wildman–Crippen LogP) is 25.0. The maximum atomic E-state index is 11.2. The molecular formula is C102H185ClIN5O8. The third-order valence-electron chi connectivity index (χ3n) is 22.1. The summed E-state index contributed by atoms with van der Waals surface area (Å²) < 4.78 is 38.8. The van der Waals surface area contributed by atoms with Crippen LogP contribution in [0.5, 0.6) is 34.5 Å². The van der Waals surface area contributed by atoms with Crippen molar-refractivity contribution in [1.29, 1.82) is 0 Å². The molecular weight excluding hydrogens is 1590 g/mol. The lowest BCUT2D eigenvalue weighted by Crippen LogP contribution is -3.00. The number of aldehydes is 1. The van der Waals surface area contributed by atoms with Crippen LogP contribution >= 0.6 is 22.6 Å². The lowest BCUT2D eigenvalue weighted by molar-refractivity contribution is -0.500. The molecule has 3 rings (SSSR count). The number of nitrogens with two attached hydrogens (primary N) is 1. The second kappa shape index (κ2) is 74.4. The van der Waals surface area contributed by atoms with Crippen molar-refractivity contribution in [3.05, 3.63) is 71.3 Å². The molecule has 0 spiro atoms. The van der Waals surface area contributed by atoms with E-state index in [1.165, 1.54) is 165 Å². The zero-order valence-electron chi connectivity index (χ0n) is 80.0. The van der Waals surface area contributed by atoms with Crippen LogP contribution in [0.25, 0.3) is 0 Å². The highest BCUT2D eigenvalue weighted by molar-refractivity contribution is 14.1. The van der Waals surface area contributed by atoms with Crippen molar-refractivity contribution in [2.75, 3.05) is 50.7 Å². The van der Waals surface area contributed by atoms with E-state index in [4.69, 9.17) is 39.3 Å². The average Bonchev–Trinajstić information content (AvgIpc) is 0.872. The van der Waals surface area contributed by atoms with Gasteiger partial charge in [0.1, 0.15) is 6.29 Å². The molecule has 8 atom stereocenters. The summed E-state index contributed by atoms with van der Waals surface area (Å²) in [6.07, 6.45) is 43.8. The monoisotopic (exact) mass is 1770 g/mol. The van der Waals surface area contributed by atoms with Crippen molar-refractivity contribution < 1.29 is 55.8 Å². The highest BCUT2D eigenvalue weighted by Gasteiger charge is 2.17. The molecule has 0 bridgehead atoms. The van der Waals surface area contributed by atoms with Crippen LogP contribution in [0.4, 0.5) is 0 Å². The Morgan fingerprint density at radius 2 is 0.590 bits per heavy atom. The summed E-state index contributed by atoms with van der Waals surface area (Å²) in [7, 11) is 0. The molecule has 0 saturated carbocycles. The first-order chi connectivity index (χ1) is 55.2. The normalized spacial score (nSPS) is 13.9. The summed E-state index contributed by atoms with van der Waals surface area (Å²) in [5, 5.41) is 20.2. The van der Waals surface area contributed by atoms with E-state index >= 15 is 0 Å². The van der Waals surface area contributed by atoms with Crippen LogP contribution in [0, 0.1) is 94.7 Å². The van der Waals surface area contributed by atoms with E-state index in [0.717, 1.165) is 144 Å². The number of aliphatic hydroxyl groups excluding tert-OH is 1. The first-order valence-electron chi connectivity index (χ1n) is 47.3. The highest BCUT2D eigenvalue weighted by Crippen LogP contribution is 2.34. The Morgan fingerprint density at radius 3 is 0.855 bits per heavy atom. The van der Waals surface area contributed by atoms with Crippen LogP contribution in [0.2, 0.25) is 0 Å². The fourth-order valence-corrected chi connectivity index (χ4v) is 14.7. The van der Waals surface area contributed by atoms with Gasteiger partial charge in [0, 0.05) is 17.7 Å². The molecule has 0 aromatic heterocycles. The number of rotatable bonds is 65. The zero-order valence-corrected chi connectivity index (χ0v) is 82.9. The van der Waals surface area contributed by atoms with Gasteiger partial charge >= 0.3 is 0 Å².